The minimum absolute atomic E-state index is 0.0483. The summed E-state index contributed by atoms with van der Waals surface area (Å²) in [5.41, 5.74) is 7.22. The van der Waals surface area contributed by atoms with E-state index < -0.39 is 50.8 Å². The number of hydrogen-bond donors (Lipinski definition) is 3. The van der Waals surface area contributed by atoms with E-state index in [2.05, 4.69) is 10.3 Å². The molecule has 1 amide bonds. The highest BCUT2D eigenvalue weighted by atomic mass is 32.2. The number of fused-ring (bicyclic) bond motifs is 1. The minimum atomic E-state index is -3.71. The average Bonchev–Trinajstić information content (AvgIpc) is 3.79. The van der Waals surface area contributed by atoms with Gasteiger partial charge in [-0.1, -0.05) is 24.3 Å². The molecule has 4 N–H and O–H groups in total. The number of carbonyl (C=O) groups excluding carboxylic acids is 1. The average molecular weight is 619 g/mol. The summed E-state index contributed by atoms with van der Waals surface area (Å²) >= 11 is 0. The Morgan fingerprint density at radius 1 is 1.09 bits per heavy atom. The van der Waals surface area contributed by atoms with Crippen LogP contribution >= 0.6 is 0 Å². The van der Waals surface area contributed by atoms with Crippen LogP contribution < -0.4 is 15.8 Å². The van der Waals surface area contributed by atoms with Gasteiger partial charge in [-0.3, -0.25) is 9.59 Å². The number of amides is 1. The Kier molecular flexibility index (Phi) is 7.62. The Morgan fingerprint density at radius 2 is 1.86 bits per heavy atom. The Bertz CT molecular complexity index is 1880. The lowest BCUT2D eigenvalue weighted by Gasteiger charge is -2.32. The number of sulfone groups is 1. The highest BCUT2D eigenvalue weighted by molar-refractivity contribution is 7.92. The van der Waals surface area contributed by atoms with E-state index in [-0.39, 0.29) is 29.2 Å². The molecule has 3 atom stereocenters. The van der Waals surface area contributed by atoms with Gasteiger partial charge in [-0.2, -0.15) is 0 Å². The number of aliphatic carboxylic acids is 1. The summed E-state index contributed by atoms with van der Waals surface area (Å²) < 4.78 is 46.5. The van der Waals surface area contributed by atoms with Gasteiger partial charge in [0.1, 0.15) is 11.9 Å². The van der Waals surface area contributed by atoms with Gasteiger partial charge in [0, 0.05) is 23.8 Å². The number of anilines is 2. The fourth-order valence-corrected chi connectivity index (χ4v) is 7.89. The Hall–Kier alpha value is -4.71. The number of methoxy groups -OCH3 is 1. The number of pyridine rings is 1. The summed E-state index contributed by atoms with van der Waals surface area (Å²) in [5.74, 6) is -2.99. The zero-order chi connectivity index (χ0) is 31.2. The second-order valence-corrected chi connectivity index (χ2v) is 13.3. The lowest BCUT2D eigenvalue weighted by atomic mass is 9.93. The van der Waals surface area contributed by atoms with Crippen LogP contribution in [0.15, 0.2) is 77.8 Å². The molecule has 2 heterocycles. The molecule has 2 aliphatic rings. The summed E-state index contributed by atoms with van der Waals surface area (Å²) in [6, 6.07) is 15.3. The van der Waals surface area contributed by atoms with Crippen LogP contribution in [-0.2, 0) is 19.4 Å². The number of aromatic nitrogens is 1. The number of rotatable bonds is 9. The van der Waals surface area contributed by atoms with E-state index in [0.29, 0.717) is 29.9 Å². The van der Waals surface area contributed by atoms with Crippen LogP contribution in [0, 0.1) is 11.7 Å². The fraction of sp³-hybridized carbons (Fsp3) is 0.281. The third-order valence-electron chi connectivity index (χ3n) is 8.37. The summed E-state index contributed by atoms with van der Waals surface area (Å²) in [5, 5.41) is 14.4. The van der Waals surface area contributed by atoms with E-state index in [1.165, 1.54) is 36.3 Å². The highest BCUT2D eigenvalue weighted by Crippen LogP contribution is 2.44. The van der Waals surface area contributed by atoms with Crippen molar-refractivity contribution in [1.29, 1.82) is 0 Å². The molecule has 44 heavy (non-hydrogen) atoms. The first-order chi connectivity index (χ1) is 21.1. The molecule has 3 aromatic carbocycles. The van der Waals surface area contributed by atoms with Gasteiger partial charge in [-0.05, 0) is 78.2 Å². The van der Waals surface area contributed by atoms with Crippen molar-refractivity contribution >= 4 is 44.0 Å². The molecule has 1 saturated heterocycles. The Morgan fingerprint density at radius 3 is 2.59 bits per heavy atom. The number of nitrogens with two attached hydrogens (primary N) is 1. The third kappa shape index (κ3) is 5.30. The van der Waals surface area contributed by atoms with Crippen molar-refractivity contribution < 1.29 is 32.2 Å². The molecule has 1 aromatic heterocycles. The van der Waals surface area contributed by atoms with Gasteiger partial charge in [0.05, 0.1) is 29.2 Å². The first kappa shape index (κ1) is 29.4. The number of carboxylic acids is 1. The number of ether oxygens (including phenoxy) is 1. The number of carboxylic acid groups (broad SMARTS) is 1. The molecule has 1 aliphatic heterocycles. The molecule has 4 aromatic rings. The van der Waals surface area contributed by atoms with Crippen molar-refractivity contribution in [2.75, 3.05) is 24.7 Å². The number of benzene rings is 3. The number of hydrogen-bond acceptors (Lipinski definition) is 8. The standard InChI is InChI=1S/C32H31FN4O6S/c1-43-26-17-19(6-11-25(26)33)28(36-20-7-10-22-18(16-20)12-14-35-30(22)34)31(38)37-15-13-24(32(39)40)29(37)23-4-2-3-5-27(23)44(41,42)21-8-9-21/h2-7,10-12,14,16-17,21,24,28-29,36H,8-9,13,15H2,1H3,(H2,34,35)(H,39,40)/t24-,28?,29-/m0/s1. The summed E-state index contributed by atoms with van der Waals surface area (Å²) in [7, 11) is -2.39. The monoisotopic (exact) mass is 618 g/mol. The first-order valence-electron chi connectivity index (χ1n) is 14.2. The van der Waals surface area contributed by atoms with Gasteiger partial charge in [0.2, 0.25) is 5.91 Å². The lowest BCUT2D eigenvalue weighted by Crippen LogP contribution is -2.40. The molecule has 1 saturated carbocycles. The second-order valence-electron chi connectivity index (χ2n) is 11.1. The minimum Gasteiger partial charge on any atom is -0.494 e. The lowest BCUT2D eigenvalue weighted by molar-refractivity contribution is -0.143. The van der Waals surface area contributed by atoms with Crippen LogP contribution in [0.4, 0.5) is 15.9 Å². The quantitative estimate of drug-likeness (QED) is 0.242. The molecule has 1 unspecified atom stereocenters. The van der Waals surface area contributed by atoms with Gasteiger partial charge in [-0.25, -0.2) is 17.8 Å². The zero-order valence-corrected chi connectivity index (χ0v) is 24.6. The molecule has 2 fully saturated rings. The largest absolute Gasteiger partial charge is 0.494 e. The van der Waals surface area contributed by atoms with Crippen LogP contribution in [0.5, 0.6) is 5.75 Å². The maximum Gasteiger partial charge on any atom is 0.309 e. The van der Waals surface area contributed by atoms with Gasteiger partial charge in [0.25, 0.3) is 0 Å². The smallest absolute Gasteiger partial charge is 0.309 e. The van der Waals surface area contributed by atoms with E-state index in [9.17, 15) is 27.5 Å². The van der Waals surface area contributed by atoms with Crippen LogP contribution in [-0.4, -0.2) is 54.2 Å². The summed E-state index contributed by atoms with van der Waals surface area (Å²) in [4.78, 5) is 32.6. The number of carbonyl (C=O) groups is 2. The van der Waals surface area contributed by atoms with Gasteiger partial charge < -0.3 is 25.8 Å². The van der Waals surface area contributed by atoms with Crippen molar-refractivity contribution in [2.24, 2.45) is 5.92 Å². The van der Waals surface area contributed by atoms with Crippen LogP contribution in [0.25, 0.3) is 10.8 Å². The van der Waals surface area contributed by atoms with Crippen LogP contribution in [0.3, 0.4) is 0 Å². The molecule has 228 valence electrons. The SMILES string of the molecule is COc1cc(C(Nc2ccc3c(N)nccc3c2)C(=O)N2CC[C@H](C(=O)O)[C@@H]2c2ccccc2S(=O)(=O)C2CC2)ccc1F. The maximum atomic E-state index is 14.6. The van der Waals surface area contributed by atoms with Crippen molar-refractivity contribution in [3.05, 3.63) is 89.9 Å². The van der Waals surface area contributed by atoms with Crippen LogP contribution in [0.2, 0.25) is 0 Å². The van der Waals surface area contributed by atoms with E-state index in [1.54, 1.807) is 48.7 Å². The van der Waals surface area contributed by atoms with Gasteiger partial charge >= 0.3 is 5.97 Å². The number of nitrogen functional groups attached to an aromatic ring is 1. The molecular weight excluding hydrogens is 587 g/mol. The first-order valence-corrected chi connectivity index (χ1v) is 15.7. The van der Waals surface area contributed by atoms with Gasteiger partial charge in [0.15, 0.2) is 21.4 Å². The van der Waals surface area contributed by atoms with Crippen molar-refractivity contribution in [3.8, 4) is 5.75 Å². The number of halogens is 1. The molecule has 10 nitrogen and oxygen atoms in total. The molecule has 1 aliphatic carbocycles. The fourth-order valence-electron chi connectivity index (χ4n) is 5.99. The summed E-state index contributed by atoms with van der Waals surface area (Å²) in [6.07, 6.45) is 2.78. The molecule has 6 rings (SSSR count). The van der Waals surface area contributed by atoms with Crippen molar-refractivity contribution in [3.63, 3.8) is 0 Å². The number of nitrogens with zero attached hydrogens (tertiary/aromatic N) is 2. The van der Waals surface area contributed by atoms with E-state index in [1.807, 2.05) is 0 Å². The maximum absolute atomic E-state index is 14.6. The molecule has 0 radical (unpaired) electrons. The molecule has 0 spiro atoms. The number of nitrogens with one attached hydrogen (secondary N) is 1. The third-order valence-corrected chi connectivity index (χ3v) is 10.7. The van der Waals surface area contributed by atoms with E-state index in [4.69, 9.17) is 10.5 Å². The predicted octanol–water partition coefficient (Wildman–Crippen LogP) is 4.73. The molecular formula is C32H31FN4O6S. The normalized spacial score (nSPS) is 19.1. The summed E-state index contributed by atoms with van der Waals surface area (Å²) in [6.45, 7) is 0.0781. The Labute approximate surface area is 253 Å². The Balaban J connectivity index is 1.44. The van der Waals surface area contributed by atoms with Gasteiger partial charge in [-0.15, -0.1) is 0 Å². The predicted molar refractivity (Wildman–Crippen MR) is 162 cm³/mol. The van der Waals surface area contributed by atoms with Crippen molar-refractivity contribution in [2.45, 2.75) is 41.5 Å². The molecule has 12 heteroatoms. The van der Waals surface area contributed by atoms with E-state index >= 15 is 0 Å². The molecule has 0 bridgehead atoms. The zero-order valence-electron chi connectivity index (χ0n) is 23.8. The number of likely N-dealkylation sites (tertiary alicyclic amines) is 1. The topological polar surface area (TPSA) is 152 Å². The highest BCUT2D eigenvalue weighted by Gasteiger charge is 2.47. The van der Waals surface area contributed by atoms with Crippen LogP contribution in [0.1, 0.15) is 42.5 Å². The van der Waals surface area contributed by atoms with Crippen molar-refractivity contribution in [1.82, 2.24) is 9.88 Å². The second kappa shape index (κ2) is 11.4. The van der Waals surface area contributed by atoms with E-state index in [0.717, 1.165) is 10.8 Å².